The highest BCUT2D eigenvalue weighted by Crippen LogP contribution is 2.33. The van der Waals surface area contributed by atoms with Crippen molar-refractivity contribution in [2.24, 2.45) is 10.9 Å². The van der Waals surface area contributed by atoms with Gasteiger partial charge >= 0.3 is 0 Å². The Morgan fingerprint density at radius 2 is 2.33 bits per heavy atom. The molecule has 3 nitrogen and oxygen atoms in total. The molecule has 2 aliphatic rings. The monoisotopic (exact) mass is 368 g/mol. The molecule has 2 aliphatic heterocycles. The molecule has 1 atom stereocenters. The molecular formula is C16H21BrN2OS. The fourth-order valence-electron chi connectivity index (χ4n) is 2.81. The normalized spacial score (nSPS) is 20.4. The molecule has 0 radical (unpaired) electrons. The van der Waals surface area contributed by atoms with Gasteiger partial charge in [0.25, 0.3) is 0 Å². The smallest absolute Gasteiger partial charge is 0.157 e. The largest absolute Gasteiger partial charge is 0.493 e. The summed E-state index contributed by atoms with van der Waals surface area (Å²) in [6.07, 6.45) is 2.24. The predicted octanol–water partition coefficient (Wildman–Crippen LogP) is 3.99. The lowest BCUT2D eigenvalue weighted by atomic mass is 10.1. The minimum atomic E-state index is 0.636. The predicted molar refractivity (Wildman–Crippen MR) is 93.3 cm³/mol. The molecule has 1 unspecified atom stereocenters. The minimum Gasteiger partial charge on any atom is -0.493 e. The van der Waals surface area contributed by atoms with Crippen molar-refractivity contribution in [3.05, 3.63) is 27.7 Å². The fraction of sp³-hybridized carbons (Fsp3) is 0.562. The van der Waals surface area contributed by atoms with Crippen molar-refractivity contribution in [3.63, 3.8) is 0 Å². The number of amidine groups is 1. The molecule has 114 valence electrons. The van der Waals surface area contributed by atoms with Gasteiger partial charge in [-0.3, -0.25) is 4.99 Å². The number of hydrogen-bond acceptors (Lipinski definition) is 4. The molecule has 0 aromatic heterocycles. The Labute approximate surface area is 139 Å². The van der Waals surface area contributed by atoms with E-state index in [1.165, 1.54) is 17.5 Å². The van der Waals surface area contributed by atoms with E-state index in [1.807, 2.05) is 11.8 Å². The highest BCUT2D eigenvalue weighted by molar-refractivity contribution is 9.10. The van der Waals surface area contributed by atoms with E-state index in [0.717, 1.165) is 47.4 Å². The van der Waals surface area contributed by atoms with Gasteiger partial charge in [0.15, 0.2) is 5.17 Å². The van der Waals surface area contributed by atoms with Gasteiger partial charge in [-0.1, -0.05) is 41.5 Å². The Kier molecular flexibility index (Phi) is 4.79. The van der Waals surface area contributed by atoms with E-state index in [9.17, 15) is 0 Å². The second-order valence-electron chi connectivity index (χ2n) is 6.02. The van der Waals surface area contributed by atoms with E-state index in [4.69, 9.17) is 4.74 Å². The topological polar surface area (TPSA) is 33.6 Å². The van der Waals surface area contributed by atoms with Crippen molar-refractivity contribution >= 4 is 32.9 Å². The number of benzene rings is 1. The first-order valence-electron chi connectivity index (χ1n) is 7.51. The Balaban J connectivity index is 1.59. The van der Waals surface area contributed by atoms with Crippen LogP contribution in [0.5, 0.6) is 5.75 Å². The van der Waals surface area contributed by atoms with E-state index in [0.29, 0.717) is 5.25 Å². The van der Waals surface area contributed by atoms with Crippen molar-refractivity contribution in [3.8, 4) is 5.75 Å². The van der Waals surface area contributed by atoms with Crippen LogP contribution in [0, 0.1) is 5.92 Å². The number of ether oxygens (including phenoxy) is 1. The van der Waals surface area contributed by atoms with Crippen LogP contribution in [0.25, 0.3) is 0 Å². The van der Waals surface area contributed by atoms with Gasteiger partial charge < -0.3 is 10.1 Å². The summed E-state index contributed by atoms with van der Waals surface area (Å²) >= 11 is 5.47. The quantitative estimate of drug-likeness (QED) is 0.871. The molecule has 0 aliphatic carbocycles. The lowest BCUT2D eigenvalue weighted by Gasteiger charge is -2.13. The summed E-state index contributed by atoms with van der Waals surface area (Å²) < 4.78 is 6.89. The summed E-state index contributed by atoms with van der Waals surface area (Å²) in [6.45, 7) is 7.06. The number of rotatable bonds is 4. The van der Waals surface area contributed by atoms with Crippen LogP contribution in [-0.4, -0.2) is 23.6 Å². The minimum absolute atomic E-state index is 0.636. The van der Waals surface area contributed by atoms with Gasteiger partial charge in [0, 0.05) is 28.3 Å². The lowest BCUT2D eigenvalue weighted by Crippen LogP contribution is -2.19. The molecule has 1 N–H and O–H groups in total. The maximum absolute atomic E-state index is 5.77. The van der Waals surface area contributed by atoms with Crippen LogP contribution in [0.1, 0.15) is 31.4 Å². The molecule has 5 heteroatoms. The fourth-order valence-corrected chi connectivity index (χ4v) is 4.61. The number of fused-ring (bicyclic) bond motifs is 1. The van der Waals surface area contributed by atoms with Crippen LogP contribution < -0.4 is 10.1 Å². The summed E-state index contributed by atoms with van der Waals surface area (Å²) in [5, 5.41) is 5.18. The number of hydrogen-bond donors (Lipinski definition) is 1. The highest BCUT2D eigenvalue weighted by atomic mass is 79.9. The van der Waals surface area contributed by atoms with Crippen LogP contribution >= 0.6 is 27.7 Å². The maximum Gasteiger partial charge on any atom is 0.157 e. The number of thioether (sulfide) groups is 1. The van der Waals surface area contributed by atoms with Gasteiger partial charge in [0.05, 0.1) is 13.2 Å². The van der Waals surface area contributed by atoms with Crippen LogP contribution in [-0.2, 0) is 13.0 Å². The van der Waals surface area contributed by atoms with Crippen molar-refractivity contribution in [2.75, 3.05) is 13.2 Å². The van der Waals surface area contributed by atoms with Crippen LogP contribution in [0.4, 0.5) is 0 Å². The zero-order valence-corrected chi connectivity index (χ0v) is 14.9. The number of halogens is 1. The Morgan fingerprint density at radius 3 is 3.14 bits per heavy atom. The zero-order valence-electron chi connectivity index (χ0n) is 12.5. The van der Waals surface area contributed by atoms with E-state index >= 15 is 0 Å². The van der Waals surface area contributed by atoms with E-state index < -0.39 is 0 Å². The van der Waals surface area contributed by atoms with Crippen molar-refractivity contribution in [2.45, 2.75) is 38.5 Å². The lowest BCUT2D eigenvalue weighted by molar-refractivity contribution is 0.353. The van der Waals surface area contributed by atoms with Crippen molar-refractivity contribution < 1.29 is 4.74 Å². The van der Waals surface area contributed by atoms with Gasteiger partial charge in [-0.2, -0.15) is 0 Å². The Morgan fingerprint density at radius 1 is 1.48 bits per heavy atom. The molecule has 0 spiro atoms. The third-order valence-electron chi connectivity index (χ3n) is 3.71. The average Bonchev–Trinajstić information content (AvgIpc) is 3.04. The molecule has 0 saturated heterocycles. The van der Waals surface area contributed by atoms with E-state index in [2.05, 4.69) is 52.2 Å². The SMILES string of the molecule is CC(C)CC1CN=C(NCc2cc(Br)cc3c2OCC3)S1. The molecule has 3 rings (SSSR count). The summed E-state index contributed by atoms with van der Waals surface area (Å²) in [5.74, 6) is 1.80. The second kappa shape index (κ2) is 6.61. The van der Waals surface area contributed by atoms with E-state index in [-0.39, 0.29) is 0 Å². The van der Waals surface area contributed by atoms with E-state index in [1.54, 1.807) is 0 Å². The van der Waals surface area contributed by atoms with Crippen molar-refractivity contribution in [1.82, 2.24) is 5.32 Å². The summed E-state index contributed by atoms with van der Waals surface area (Å²) in [6, 6.07) is 4.30. The molecule has 1 aromatic carbocycles. The van der Waals surface area contributed by atoms with Crippen molar-refractivity contribution in [1.29, 1.82) is 0 Å². The number of aliphatic imine (C=N–C) groups is 1. The molecule has 0 fully saturated rings. The summed E-state index contributed by atoms with van der Waals surface area (Å²) in [4.78, 5) is 4.62. The first-order valence-corrected chi connectivity index (χ1v) is 9.18. The standard InChI is InChI=1S/C16H21BrN2OS/c1-10(2)5-14-9-19-16(21-14)18-8-12-7-13(17)6-11-3-4-20-15(11)12/h6-7,10,14H,3-5,8-9H2,1-2H3,(H,18,19). The first kappa shape index (κ1) is 15.2. The Hall–Kier alpha value is -0.680. The van der Waals surface area contributed by atoms with Gasteiger partial charge in [-0.05, 0) is 30.0 Å². The number of nitrogens with zero attached hydrogens (tertiary/aromatic N) is 1. The van der Waals surface area contributed by atoms with Gasteiger partial charge in [-0.25, -0.2) is 0 Å². The zero-order chi connectivity index (χ0) is 14.8. The molecule has 21 heavy (non-hydrogen) atoms. The summed E-state index contributed by atoms with van der Waals surface area (Å²) in [7, 11) is 0. The van der Waals surface area contributed by atoms with Gasteiger partial charge in [0.1, 0.15) is 5.75 Å². The third kappa shape index (κ3) is 3.75. The maximum atomic E-state index is 5.77. The Bertz CT molecular complexity index is 559. The van der Waals surface area contributed by atoms with Gasteiger partial charge in [-0.15, -0.1) is 0 Å². The first-order chi connectivity index (χ1) is 10.1. The molecular weight excluding hydrogens is 348 g/mol. The van der Waals surface area contributed by atoms with Crippen LogP contribution in [0.3, 0.4) is 0 Å². The molecule has 0 amide bonds. The molecule has 2 heterocycles. The average molecular weight is 369 g/mol. The third-order valence-corrected chi connectivity index (χ3v) is 5.34. The number of nitrogens with one attached hydrogen (secondary N) is 1. The summed E-state index contributed by atoms with van der Waals surface area (Å²) in [5.41, 5.74) is 2.52. The second-order valence-corrected chi connectivity index (χ2v) is 8.23. The highest BCUT2D eigenvalue weighted by Gasteiger charge is 2.22. The molecule has 1 aromatic rings. The molecule has 0 bridgehead atoms. The van der Waals surface area contributed by atoms with Crippen LogP contribution in [0.2, 0.25) is 0 Å². The van der Waals surface area contributed by atoms with Crippen LogP contribution in [0.15, 0.2) is 21.6 Å². The molecule has 0 saturated carbocycles. The van der Waals surface area contributed by atoms with Gasteiger partial charge in [0.2, 0.25) is 0 Å².